The van der Waals surface area contributed by atoms with Crippen LogP contribution in [-0.4, -0.2) is 103 Å². The summed E-state index contributed by atoms with van der Waals surface area (Å²) < 4.78 is 29.5. The Balaban J connectivity index is 2.17. The molecule has 0 bridgehead atoms. The van der Waals surface area contributed by atoms with Gasteiger partial charge in [-0.05, 0) is 70.3 Å². The van der Waals surface area contributed by atoms with E-state index in [9.17, 15) is 37.5 Å². The highest BCUT2D eigenvalue weighted by Gasteiger charge is 2.38. The lowest BCUT2D eigenvalue weighted by Gasteiger charge is -2.32. The Labute approximate surface area is 309 Å². The number of likely N-dealkylation sites (tertiary alicyclic amines) is 1. The molecule has 1 saturated heterocycles. The van der Waals surface area contributed by atoms with Gasteiger partial charge in [0, 0.05) is 25.3 Å². The maximum Gasteiger partial charge on any atom is 0.408 e. The summed E-state index contributed by atoms with van der Waals surface area (Å²) in [6, 6.07) is 5.59. The van der Waals surface area contributed by atoms with Gasteiger partial charge >= 0.3 is 6.09 Å². The molecule has 14 nitrogen and oxygen atoms in total. The van der Waals surface area contributed by atoms with Crippen LogP contribution in [0.25, 0.3) is 0 Å². The number of ether oxygens (including phenoxy) is 1. The zero-order chi connectivity index (χ0) is 39.4. The van der Waals surface area contributed by atoms with E-state index in [1.54, 1.807) is 46.4 Å². The van der Waals surface area contributed by atoms with E-state index in [4.69, 9.17) is 4.74 Å². The van der Waals surface area contributed by atoms with Crippen LogP contribution in [0.5, 0.6) is 0 Å². The quantitative estimate of drug-likeness (QED) is 0.150. The van der Waals surface area contributed by atoms with E-state index in [2.05, 4.69) is 21.3 Å². The monoisotopic (exact) mass is 751 g/mol. The lowest BCUT2D eigenvalue weighted by atomic mass is 9.91. The lowest BCUT2D eigenvalue weighted by molar-refractivity contribution is -0.142. The molecule has 0 radical (unpaired) electrons. The molecule has 52 heavy (non-hydrogen) atoms. The largest absolute Gasteiger partial charge is 0.444 e. The number of hydrogen-bond acceptors (Lipinski definition) is 9. The molecule has 1 aliphatic rings. The number of benzene rings is 1. The van der Waals surface area contributed by atoms with E-state index in [1.807, 2.05) is 44.2 Å². The van der Waals surface area contributed by atoms with Crippen LogP contribution >= 0.6 is 0 Å². The third-order valence-corrected chi connectivity index (χ3v) is 9.69. The minimum absolute atomic E-state index is 0.00893. The summed E-state index contributed by atoms with van der Waals surface area (Å²) in [5.74, 6) is -3.43. The first-order chi connectivity index (χ1) is 24.1. The zero-order valence-electron chi connectivity index (χ0n) is 32.2. The topological polar surface area (TPSA) is 200 Å². The third kappa shape index (κ3) is 15.5. The molecule has 1 aromatic carbocycles. The summed E-state index contributed by atoms with van der Waals surface area (Å²) in [7, 11) is -3.53. The van der Waals surface area contributed by atoms with Crippen molar-refractivity contribution in [3.05, 3.63) is 35.9 Å². The van der Waals surface area contributed by atoms with E-state index in [1.165, 1.54) is 0 Å². The van der Waals surface area contributed by atoms with E-state index < -0.39 is 81.2 Å². The molecule has 0 aliphatic carbocycles. The SMILES string of the molecule is CC(C)C[C@H](NC(=O)[C@H](CCS(C)(=O)=O)NC(=O)[C@@H](NC(=O)OC(C)(C)C)C(C)C)[C@@H](O)C[C@@H](C)C(=O)N1CCC[C@H]1C(=O)NCc1ccccc1. The molecule has 0 aromatic heterocycles. The van der Waals surface area contributed by atoms with Crippen molar-refractivity contribution in [3.8, 4) is 0 Å². The smallest absolute Gasteiger partial charge is 0.408 e. The van der Waals surface area contributed by atoms with Gasteiger partial charge in [-0.1, -0.05) is 65.0 Å². The normalized spacial score (nSPS) is 17.8. The molecule has 1 heterocycles. The highest BCUT2D eigenvalue weighted by atomic mass is 32.2. The summed E-state index contributed by atoms with van der Waals surface area (Å²) in [5.41, 5.74) is 0.124. The Hall–Kier alpha value is -3.72. The van der Waals surface area contributed by atoms with Crippen LogP contribution in [0, 0.1) is 17.8 Å². The molecule has 0 unspecified atom stereocenters. The molecule has 5 amide bonds. The number of hydrogen-bond donors (Lipinski definition) is 5. The molecule has 1 aliphatic heterocycles. The molecule has 1 fully saturated rings. The van der Waals surface area contributed by atoms with Gasteiger partial charge in [0.1, 0.15) is 33.6 Å². The molecule has 0 spiro atoms. The molecule has 5 N–H and O–H groups in total. The van der Waals surface area contributed by atoms with Gasteiger partial charge in [0.15, 0.2) is 0 Å². The van der Waals surface area contributed by atoms with Crippen LogP contribution in [-0.2, 0) is 40.3 Å². The first-order valence-electron chi connectivity index (χ1n) is 18.2. The minimum Gasteiger partial charge on any atom is -0.444 e. The fraction of sp³-hybridized carbons (Fsp3) is 0.703. The molecule has 0 saturated carbocycles. The Morgan fingerprint density at radius 1 is 0.942 bits per heavy atom. The van der Waals surface area contributed by atoms with Gasteiger partial charge in [0.25, 0.3) is 0 Å². The van der Waals surface area contributed by atoms with Gasteiger partial charge in [-0.25, -0.2) is 13.2 Å². The van der Waals surface area contributed by atoms with Crippen LogP contribution in [0.4, 0.5) is 4.79 Å². The standard InChI is InChI=1S/C37H61N5O9S/c1-23(2)20-28(30(43)21-25(5)35(47)42-18-13-16-29(42)33(45)38-22-26-14-11-10-12-15-26)40-32(44)27(17-19-52(9,49)50)39-34(46)31(24(3)4)41-36(48)51-37(6,7)8/h10-12,14-15,23-25,27-31,43H,13,16-22H2,1-9H3,(H,38,45)(H,39,46)(H,40,44)(H,41,48)/t25-,27+,28+,29+,30+,31+/m1/s1. The van der Waals surface area contributed by atoms with Crippen LogP contribution in [0.3, 0.4) is 0 Å². The van der Waals surface area contributed by atoms with Crippen LogP contribution in [0.15, 0.2) is 30.3 Å². The highest BCUT2D eigenvalue weighted by molar-refractivity contribution is 7.90. The number of alkyl carbamates (subject to hydrolysis) is 1. The highest BCUT2D eigenvalue weighted by Crippen LogP contribution is 2.24. The van der Waals surface area contributed by atoms with Crippen molar-refractivity contribution in [1.29, 1.82) is 0 Å². The van der Waals surface area contributed by atoms with Crippen molar-refractivity contribution in [2.75, 3.05) is 18.6 Å². The summed E-state index contributed by atoms with van der Waals surface area (Å²) in [5, 5.41) is 22.3. The van der Waals surface area contributed by atoms with Gasteiger partial charge in [-0.3, -0.25) is 19.2 Å². The maximum atomic E-state index is 13.7. The number of carbonyl (C=O) groups is 5. The fourth-order valence-electron chi connectivity index (χ4n) is 6.05. The van der Waals surface area contributed by atoms with Gasteiger partial charge < -0.3 is 36.0 Å². The number of nitrogens with one attached hydrogen (secondary N) is 4. The second-order valence-electron chi connectivity index (χ2n) is 15.7. The van der Waals surface area contributed by atoms with Crippen molar-refractivity contribution in [2.24, 2.45) is 17.8 Å². The number of rotatable bonds is 18. The predicted octanol–water partition coefficient (Wildman–Crippen LogP) is 2.68. The predicted molar refractivity (Wildman–Crippen MR) is 198 cm³/mol. The second kappa shape index (κ2) is 19.9. The molecule has 15 heteroatoms. The number of aliphatic hydroxyl groups is 1. The van der Waals surface area contributed by atoms with Crippen LogP contribution in [0.2, 0.25) is 0 Å². The number of sulfone groups is 1. The number of aliphatic hydroxyl groups excluding tert-OH is 1. The van der Waals surface area contributed by atoms with Crippen molar-refractivity contribution in [1.82, 2.24) is 26.2 Å². The van der Waals surface area contributed by atoms with Gasteiger partial charge in [-0.2, -0.15) is 0 Å². The zero-order valence-corrected chi connectivity index (χ0v) is 33.0. The minimum atomic E-state index is -3.53. The molecule has 2 rings (SSSR count). The average molecular weight is 752 g/mol. The van der Waals surface area contributed by atoms with Crippen LogP contribution < -0.4 is 21.3 Å². The van der Waals surface area contributed by atoms with Crippen molar-refractivity contribution in [3.63, 3.8) is 0 Å². The van der Waals surface area contributed by atoms with Gasteiger partial charge in [0.2, 0.25) is 23.6 Å². The molecule has 1 aromatic rings. The molecular weight excluding hydrogens is 690 g/mol. The average Bonchev–Trinajstić information content (AvgIpc) is 3.52. The molecular formula is C37H61N5O9S. The van der Waals surface area contributed by atoms with Crippen molar-refractivity contribution >= 4 is 39.6 Å². The summed E-state index contributed by atoms with van der Waals surface area (Å²) in [4.78, 5) is 67.9. The van der Waals surface area contributed by atoms with Gasteiger partial charge in [0.05, 0.1) is 17.9 Å². The fourth-order valence-corrected chi connectivity index (χ4v) is 6.72. The summed E-state index contributed by atoms with van der Waals surface area (Å²) >= 11 is 0. The Bertz CT molecular complexity index is 1460. The maximum absolute atomic E-state index is 13.7. The lowest BCUT2D eigenvalue weighted by Crippen LogP contribution is -2.58. The van der Waals surface area contributed by atoms with E-state index in [0.717, 1.165) is 11.8 Å². The molecule has 6 atom stereocenters. The second-order valence-corrected chi connectivity index (χ2v) is 17.9. The Morgan fingerprint density at radius 2 is 1.58 bits per heavy atom. The Kier molecular flexibility index (Phi) is 17.0. The third-order valence-electron chi connectivity index (χ3n) is 8.71. The van der Waals surface area contributed by atoms with Gasteiger partial charge in [-0.15, -0.1) is 0 Å². The number of carbonyl (C=O) groups excluding carboxylic acids is 5. The number of nitrogens with zero attached hydrogens (tertiary/aromatic N) is 1. The number of amides is 5. The van der Waals surface area contributed by atoms with E-state index in [0.29, 0.717) is 32.4 Å². The summed E-state index contributed by atoms with van der Waals surface area (Å²) in [6.45, 7) is 14.7. The Morgan fingerprint density at radius 3 is 2.13 bits per heavy atom. The van der Waals surface area contributed by atoms with Crippen LogP contribution in [0.1, 0.15) is 93.1 Å². The first-order valence-corrected chi connectivity index (χ1v) is 20.2. The first kappa shape index (κ1) is 44.4. The van der Waals surface area contributed by atoms with Crippen molar-refractivity contribution in [2.45, 2.75) is 130 Å². The van der Waals surface area contributed by atoms with E-state index in [-0.39, 0.29) is 30.6 Å². The van der Waals surface area contributed by atoms with Crippen molar-refractivity contribution < 1.29 is 42.2 Å². The van der Waals surface area contributed by atoms with E-state index >= 15 is 0 Å². The summed E-state index contributed by atoms with van der Waals surface area (Å²) in [6.07, 6.45) is 0.269. The molecule has 294 valence electrons.